The molecule has 0 saturated carbocycles. The normalized spacial score (nSPS) is 15.8. The van der Waals surface area contributed by atoms with E-state index < -0.39 is 10.0 Å². The minimum Gasteiger partial charge on any atom is -0.315 e. The molecule has 0 radical (unpaired) electrons. The molecule has 1 fully saturated rings. The van der Waals surface area contributed by atoms with E-state index in [0.717, 1.165) is 16.3 Å². The monoisotopic (exact) mass is 403 g/mol. The van der Waals surface area contributed by atoms with Gasteiger partial charge in [0.05, 0.1) is 5.75 Å². The molecule has 0 spiro atoms. The lowest BCUT2D eigenvalue weighted by Gasteiger charge is -2.16. The van der Waals surface area contributed by atoms with Crippen LogP contribution >= 0.6 is 0 Å². The summed E-state index contributed by atoms with van der Waals surface area (Å²) in [7, 11) is -3.40. The van der Waals surface area contributed by atoms with Crippen LogP contribution < -0.4 is 10.0 Å². The number of imide groups is 1. The SMILES string of the molecule is C[C@@H](NS(=O)(=O)CCCCCN1CC(=O)NC1=O)c1ccc2ccccc2c1. The van der Waals surface area contributed by atoms with Gasteiger partial charge in [-0.1, -0.05) is 42.8 Å². The van der Waals surface area contributed by atoms with Gasteiger partial charge in [0.15, 0.2) is 0 Å². The molecule has 7 nitrogen and oxygen atoms in total. The Morgan fingerprint density at radius 3 is 2.54 bits per heavy atom. The van der Waals surface area contributed by atoms with Gasteiger partial charge in [-0.2, -0.15) is 0 Å². The van der Waals surface area contributed by atoms with Crippen molar-refractivity contribution in [2.75, 3.05) is 18.8 Å². The molecule has 0 aromatic heterocycles. The first-order valence-electron chi connectivity index (χ1n) is 9.41. The lowest BCUT2D eigenvalue weighted by molar-refractivity contribution is -0.118. The van der Waals surface area contributed by atoms with Crippen molar-refractivity contribution in [2.45, 2.75) is 32.2 Å². The van der Waals surface area contributed by atoms with Gasteiger partial charge in [-0.05, 0) is 42.2 Å². The van der Waals surface area contributed by atoms with Crippen molar-refractivity contribution in [1.29, 1.82) is 0 Å². The number of carbonyl (C=O) groups excluding carboxylic acids is 2. The lowest BCUT2D eigenvalue weighted by Crippen LogP contribution is -2.30. The van der Waals surface area contributed by atoms with Crippen molar-refractivity contribution < 1.29 is 18.0 Å². The van der Waals surface area contributed by atoms with E-state index in [0.29, 0.717) is 25.8 Å². The van der Waals surface area contributed by atoms with Gasteiger partial charge in [0.25, 0.3) is 0 Å². The Hall–Kier alpha value is -2.45. The van der Waals surface area contributed by atoms with E-state index in [1.54, 1.807) is 0 Å². The van der Waals surface area contributed by atoms with Crippen LogP contribution in [0.15, 0.2) is 42.5 Å². The van der Waals surface area contributed by atoms with Crippen LogP contribution in [0, 0.1) is 0 Å². The third-order valence-electron chi connectivity index (χ3n) is 4.84. The fraction of sp³-hybridized carbons (Fsp3) is 0.400. The Bertz CT molecular complexity index is 974. The number of hydrogen-bond acceptors (Lipinski definition) is 4. The van der Waals surface area contributed by atoms with Gasteiger partial charge >= 0.3 is 6.03 Å². The number of benzene rings is 2. The van der Waals surface area contributed by atoms with Crippen molar-refractivity contribution in [3.05, 3.63) is 48.0 Å². The predicted molar refractivity (Wildman–Crippen MR) is 108 cm³/mol. The largest absolute Gasteiger partial charge is 0.324 e. The molecule has 3 amide bonds. The van der Waals surface area contributed by atoms with Crippen LogP contribution in [0.1, 0.15) is 37.8 Å². The van der Waals surface area contributed by atoms with Crippen LogP contribution in [0.5, 0.6) is 0 Å². The number of amides is 3. The number of nitrogens with one attached hydrogen (secondary N) is 2. The van der Waals surface area contributed by atoms with E-state index in [2.05, 4.69) is 10.0 Å². The molecule has 2 aromatic carbocycles. The number of nitrogens with zero attached hydrogens (tertiary/aromatic N) is 1. The molecule has 1 heterocycles. The molecule has 28 heavy (non-hydrogen) atoms. The van der Waals surface area contributed by atoms with Crippen molar-refractivity contribution in [1.82, 2.24) is 14.9 Å². The van der Waals surface area contributed by atoms with Crippen LogP contribution in [0.25, 0.3) is 10.8 Å². The number of unbranched alkanes of at least 4 members (excludes halogenated alkanes) is 2. The van der Waals surface area contributed by atoms with E-state index in [1.165, 1.54) is 4.90 Å². The molecule has 8 heteroatoms. The number of urea groups is 1. The van der Waals surface area contributed by atoms with Gasteiger partial charge < -0.3 is 4.90 Å². The Labute approximate surface area is 165 Å². The lowest BCUT2D eigenvalue weighted by atomic mass is 10.0. The van der Waals surface area contributed by atoms with Crippen LogP contribution in [0.3, 0.4) is 0 Å². The van der Waals surface area contributed by atoms with Crippen molar-refractivity contribution in [3.8, 4) is 0 Å². The topological polar surface area (TPSA) is 95.6 Å². The first-order chi connectivity index (χ1) is 13.3. The Morgan fingerprint density at radius 1 is 1.07 bits per heavy atom. The average Bonchev–Trinajstić information content (AvgIpc) is 2.97. The van der Waals surface area contributed by atoms with E-state index in [1.807, 2.05) is 49.4 Å². The van der Waals surface area contributed by atoms with Crippen molar-refractivity contribution in [3.63, 3.8) is 0 Å². The van der Waals surface area contributed by atoms with Crippen LogP contribution in [0.4, 0.5) is 4.79 Å². The van der Waals surface area contributed by atoms with Gasteiger partial charge in [0.1, 0.15) is 6.54 Å². The van der Waals surface area contributed by atoms with Crippen LogP contribution in [-0.2, 0) is 14.8 Å². The Balaban J connectivity index is 1.45. The minimum absolute atomic E-state index is 0.0377. The molecular weight excluding hydrogens is 378 g/mol. The highest BCUT2D eigenvalue weighted by Gasteiger charge is 2.25. The summed E-state index contributed by atoms with van der Waals surface area (Å²) in [6, 6.07) is 13.2. The summed E-state index contributed by atoms with van der Waals surface area (Å²) in [6.45, 7) is 2.38. The van der Waals surface area contributed by atoms with Gasteiger partial charge in [-0.25, -0.2) is 17.9 Å². The maximum absolute atomic E-state index is 12.4. The first kappa shape index (κ1) is 20.3. The number of sulfonamides is 1. The van der Waals surface area contributed by atoms with Crippen molar-refractivity contribution >= 4 is 32.7 Å². The Morgan fingerprint density at radius 2 is 1.82 bits per heavy atom. The van der Waals surface area contributed by atoms with E-state index in [4.69, 9.17) is 0 Å². The molecule has 1 atom stereocenters. The zero-order valence-corrected chi connectivity index (χ0v) is 16.7. The molecule has 0 bridgehead atoms. The summed E-state index contributed by atoms with van der Waals surface area (Å²) in [6.07, 6.45) is 1.84. The summed E-state index contributed by atoms with van der Waals surface area (Å²) in [4.78, 5) is 24.0. The fourth-order valence-electron chi connectivity index (χ4n) is 3.31. The number of fused-ring (bicyclic) bond motifs is 1. The van der Waals surface area contributed by atoms with Gasteiger partial charge in [0, 0.05) is 12.6 Å². The second-order valence-corrected chi connectivity index (χ2v) is 8.97. The highest BCUT2D eigenvalue weighted by Crippen LogP contribution is 2.21. The molecule has 3 rings (SSSR count). The molecule has 2 aromatic rings. The molecular formula is C20H25N3O4S. The maximum atomic E-state index is 12.4. The summed E-state index contributed by atoms with van der Waals surface area (Å²) in [5, 5.41) is 4.42. The second-order valence-electron chi connectivity index (χ2n) is 7.10. The number of carbonyl (C=O) groups is 2. The molecule has 1 aliphatic rings. The van der Waals surface area contributed by atoms with E-state index in [-0.39, 0.29) is 30.3 Å². The summed E-state index contributed by atoms with van der Waals surface area (Å²) in [5.74, 6) is -0.254. The predicted octanol–water partition coefficient (Wildman–Crippen LogP) is 2.54. The molecule has 0 aliphatic carbocycles. The fourth-order valence-corrected chi connectivity index (χ4v) is 4.69. The summed E-state index contributed by atoms with van der Waals surface area (Å²) in [5.41, 5.74) is 0.923. The maximum Gasteiger partial charge on any atom is 0.324 e. The van der Waals surface area contributed by atoms with Crippen LogP contribution in [-0.4, -0.2) is 44.1 Å². The van der Waals surface area contributed by atoms with E-state index in [9.17, 15) is 18.0 Å². The molecule has 0 unspecified atom stereocenters. The average molecular weight is 404 g/mol. The van der Waals surface area contributed by atoms with Crippen molar-refractivity contribution in [2.24, 2.45) is 0 Å². The van der Waals surface area contributed by atoms with Crippen LogP contribution in [0.2, 0.25) is 0 Å². The highest BCUT2D eigenvalue weighted by molar-refractivity contribution is 7.89. The van der Waals surface area contributed by atoms with Gasteiger partial charge in [-0.3, -0.25) is 10.1 Å². The Kier molecular flexibility index (Phi) is 6.31. The third-order valence-corrected chi connectivity index (χ3v) is 6.38. The smallest absolute Gasteiger partial charge is 0.315 e. The molecule has 150 valence electrons. The first-order valence-corrected chi connectivity index (χ1v) is 11.1. The van der Waals surface area contributed by atoms with Gasteiger partial charge in [-0.15, -0.1) is 0 Å². The number of rotatable bonds is 9. The third kappa shape index (κ3) is 5.30. The summed E-state index contributed by atoms with van der Waals surface area (Å²) < 4.78 is 27.5. The van der Waals surface area contributed by atoms with Gasteiger partial charge in [0.2, 0.25) is 15.9 Å². The minimum atomic E-state index is -3.40. The number of hydrogen-bond donors (Lipinski definition) is 2. The summed E-state index contributed by atoms with van der Waals surface area (Å²) >= 11 is 0. The molecule has 1 aliphatic heterocycles. The quantitative estimate of drug-likeness (QED) is 0.497. The molecule has 2 N–H and O–H groups in total. The van der Waals surface area contributed by atoms with E-state index >= 15 is 0 Å². The zero-order chi connectivity index (χ0) is 20.1. The zero-order valence-electron chi connectivity index (χ0n) is 15.8. The standard InChI is InChI=1S/C20H25N3O4S/c1-15(17-10-9-16-7-3-4-8-18(16)13-17)22-28(26,27)12-6-2-5-11-23-14-19(24)21-20(23)25/h3-4,7-10,13,15,22H,2,5-6,11-12,14H2,1H3,(H,21,24,25)/t15-/m1/s1. The molecule has 1 saturated heterocycles. The second kappa shape index (κ2) is 8.70. The highest BCUT2D eigenvalue weighted by atomic mass is 32.2.